The van der Waals surface area contributed by atoms with E-state index in [1.54, 1.807) is 24.3 Å². The molecule has 3 rings (SSSR count). The van der Waals surface area contributed by atoms with E-state index in [9.17, 15) is 9.59 Å². The van der Waals surface area contributed by atoms with Crippen LogP contribution in [0.2, 0.25) is 0 Å². The third-order valence-corrected chi connectivity index (χ3v) is 2.70. The SMILES string of the molecule is O=C(O)c1ccc2ccccc2n1.O=C(O)c1ccccn1. The van der Waals surface area contributed by atoms with E-state index in [1.807, 2.05) is 18.2 Å². The Morgan fingerprint density at radius 1 is 0.773 bits per heavy atom. The molecule has 0 unspecified atom stereocenters. The Kier molecular flexibility index (Phi) is 4.77. The van der Waals surface area contributed by atoms with Gasteiger partial charge in [0.25, 0.3) is 0 Å². The van der Waals surface area contributed by atoms with Gasteiger partial charge in [-0.1, -0.05) is 30.3 Å². The lowest BCUT2D eigenvalue weighted by molar-refractivity contribution is 0.0680. The Morgan fingerprint density at radius 2 is 1.45 bits per heavy atom. The smallest absolute Gasteiger partial charge is 0.354 e. The van der Waals surface area contributed by atoms with Crippen LogP contribution in [0.3, 0.4) is 0 Å². The Balaban J connectivity index is 0.000000172. The molecule has 0 aliphatic carbocycles. The second-order valence-corrected chi connectivity index (χ2v) is 4.21. The third kappa shape index (κ3) is 3.86. The Bertz CT molecular complexity index is 803. The van der Waals surface area contributed by atoms with Crippen LogP contribution < -0.4 is 0 Å². The predicted octanol–water partition coefficient (Wildman–Crippen LogP) is 2.71. The first kappa shape index (κ1) is 15.1. The van der Waals surface area contributed by atoms with Crippen molar-refractivity contribution in [3.63, 3.8) is 0 Å². The Hall–Kier alpha value is -3.28. The molecule has 0 aliphatic heterocycles. The zero-order valence-corrected chi connectivity index (χ0v) is 11.4. The van der Waals surface area contributed by atoms with Crippen LogP contribution in [0.15, 0.2) is 60.8 Å². The fourth-order valence-electron chi connectivity index (χ4n) is 1.67. The van der Waals surface area contributed by atoms with Crippen molar-refractivity contribution in [1.29, 1.82) is 0 Å². The minimum atomic E-state index is -0.995. The number of hydrogen-bond donors (Lipinski definition) is 2. The molecule has 6 heteroatoms. The summed E-state index contributed by atoms with van der Waals surface area (Å²) in [7, 11) is 0. The number of para-hydroxylation sites is 1. The molecule has 0 saturated carbocycles. The van der Waals surface area contributed by atoms with Gasteiger partial charge >= 0.3 is 11.9 Å². The van der Waals surface area contributed by atoms with Crippen molar-refractivity contribution in [3.05, 3.63) is 72.2 Å². The van der Waals surface area contributed by atoms with E-state index in [0.717, 1.165) is 5.39 Å². The van der Waals surface area contributed by atoms with Gasteiger partial charge in [0, 0.05) is 11.6 Å². The van der Waals surface area contributed by atoms with Gasteiger partial charge in [0.1, 0.15) is 11.4 Å². The largest absolute Gasteiger partial charge is 0.477 e. The molecule has 2 N–H and O–H groups in total. The second-order valence-electron chi connectivity index (χ2n) is 4.21. The third-order valence-electron chi connectivity index (χ3n) is 2.70. The van der Waals surface area contributed by atoms with Gasteiger partial charge in [0.2, 0.25) is 0 Å². The molecular weight excluding hydrogens is 284 g/mol. The lowest BCUT2D eigenvalue weighted by atomic mass is 10.2. The van der Waals surface area contributed by atoms with Crippen molar-refractivity contribution in [2.24, 2.45) is 0 Å². The maximum atomic E-state index is 10.6. The van der Waals surface area contributed by atoms with Gasteiger partial charge < -0.3 is 10.2 Å². The molecule has 110 valence electrons. The number of carbonyl (C=O) groups is 2. The number of aromatic carboxylic acids is 2. The number of benzene rings is 1. The van der Waals surface area contributed by atoms with Crippen LogP contribution in [0.25, 0.3) is 10.9 Å². The van der Waals surface area contributed by atoms with E-state index in [2.05, 4.69) is 9.97 Å². The van der Waals surface area contributed by atoms with Crippen LogP contribution >= 0.6 is 0 Å². The highest BCUT2D eigenvalue weighted by atomic mass is 16.4. The minimum Gasteiger partial charge on any atom is -0.477 e. The zero-order valence-electron chi connectivity index (χ0n) is 11.4. The van der Waals surface area contributed by atoms with Crippen LogP contribution in [0.5, 0.6) is 0 Å². The fraction of sp³-hybridized carbons (Fsp3) is 0. The number of fused-ring (bicyclic) bond motifs is 1. The standard InChI is InChI=1S/C10H7NO2.C6H5NO2/c12-10(13)9-6-5-7-3-1-2-4-8(7)11-9;8-6(9)5-3-1-2-4-7-5/h1-6H,(H,12,13);1-4H,(H,8,9). The van der Waals surface area contributed by atoms with E-state index >= 15 is 0 Å². The van der Waals surface area contributed by atoms with Gasteiger partial charge in [-0.25, -0.2) is 19.6 Å². The maximum Gasteiger partial charge on any atom is 0.354 e. The molecule has 0 aliphatic rings. The van der Waals surface area contributed by atoms with Gasteiger partial charge in [0.05, 0.1) is 5.52 Å². The number of carboxylic acid groups (broad SMARTS) is 2. The van der Waals surface area contributed by atoms with Crippen LogP contribution in [-0.2, 0) is 0 Å². The highest BCUT2D eigenvalue weighted by Crippen LogP contribution is 2.11. The average Bonchev–Trinajstić information content (AvgIpc) is 2.55. The average molecular weight is 296 g/mol. The number of aromatic nitrogens is 2. The highest BCUT2D eigenvalue weighted by molar-refractivity contribution is 5.89. The van der Waals surface area contributed by atoms with Crippen LogP contribution in [0.1, 0.15) is 21.0 Å². The van der Waals surface area contributed by atoms with E-state index in [-0.39, 0.29) is 11.4 Å². The second kappa shape index (κ2) is 6.94. The van der Waals surface area contributed by atoms with E-state index in [1.165, 1.54) is 18.3 Å². The number of pyridine rings is 2. The summed E-state index contributed by atoms with van der Waals surface area (Å²) in [6, 6.07) is 15.4. The number of rotatable bonds is 2. The first-order valence-corrected chi connectivity index (χ1v) is 6.31. The topological polar surface area (TPSA) is 100 Å². The molecule has 0 atom stereocenters. The molecule has 2 heterocycles. The summed E-state index contributed by atoms with van der Waals surface area (Å²) in [4.78, 5) is 28.3. The van der Waals surface area contributed by atoms with Gasteiger partial charge in [-0.3, -0.25) is 0 Å². The number of nitrogens with zero attached hydrogens (tertiary/aromatic N) is 2. The van der Waals surface area contributed by atoms with Crippen LogP contribution in [0.4, 0.5) is 0 Å². The quantitative estimate of drug-likeness (QED) is 0.754. The molecule has 0 saturated heterocycles. The normalized spacial score (nSPS) is 9.64. The minimum absolute atomic E-state index is 0.0810. The number of carboxylic acids is 2. The van der Waals surface area contributed by atoms with E-state index in [0.29, 0.717) is 5.52 Å². The molecular formula is C16H12N2O4. The van der Waals surface area contributed by atoms with E-state index < -0.39 is 11.9 Å². The highest BCUT2D eigenvalue weighted by Gasteiger charge is 2.03. The Labute approximate surface area is 125 Å². The molecule has 0 bridgehead atoms. The van der Waals surface area contributed by atoms with Gasteiger partial charge in [-0.2, -0.15) is 0 Å². The first-order chi connectivity index (χ1) is 10.6. The molecule has 22 heavy (non-hydrogen) atoms. The summed E-state index contributed by atoms with van der Waals surface area (Å²) < 4.78 is 0. The van der Waals surface area contributed by atoms with Gasteiger partial charge in [-0.05, 0) is 24.3 Å². The molecule has 0 fully saturated rings. The van der Waals surface area contributed by atoms with Crippen molar-refractivity contribution in [1.82, 2.24) is 9.97 Å². The monoisotopic (exact) mass is 296 g/mol. The molecule has 0 spiro atoms. The van der Waals surface area contributed by atoms with Crippen molar-refractivity contribution >= 4 is 22.8 Å². The summed E-state index contributed by atoms with van der Waals surface area (Å²) in [5.74, 6) is -1.98. The zero-order chi connectivity index (χ0) is 15.9. The maximum absolute atomic E-state index is 10.6. The van der Waals surface area contributed by atoms with Crippen LogP contribution in [0, 0.1) is 0 Å². The van der Waals surface area contributed by atoms with Crippen molar-refractivity contribution < 1.29 is 19.8 Å². The molecule has 1 aromatic carbocycles. The summed E-state index contributed by atoms with van der Waals surface area (Å²) in [6.45, 7) is 0. The predicted molar refractivity (Wildman–Crippen MR) is 79.9 cm³/mol. The molecule has 0 amide bonds. The molecule has 2 aromatic heterocycles. The van der Waals surface area contributed by atoms with Crippen LogP contribution in [-0.4, -0.2) is 32.1 Å². The lowest BCUT2D eigenvalue weighted by Gasteiger charge is -1.97. The van der Waals surface area contributed by atoms with Crippen molar-refractivity contribution in [2.75, 3.05) is 0 Å². The number of hydrogen-bond acceptors (Lipinski definition) is 4. The summed E-state index contributed by atoms with van der Waals surface area (Å²) in [6.07, 6.45) is 1.45. The fourth-order valence-corrected chi connectivity index (χ4v) is 1.67. The summed E-state index contributed by atoms with van der Waals surface area (Å²) in [5.41, 5.74) is 0.874. The molecule has 3 aromatic rings. The molecule has 6 nitrogen and oxygen atoms in total. The Morgan fingerprint density at radius 3 is 2.05 bits per heavy atom. The van der Waals surface area contributed by atoms with E-state index in [4.69, 9.17) is 10.2 Å². The lowest BCUT2D eigenvalue weighted by Crippen LogP contribution is -1.99. The first-order valence-electron chi connectivity index (χ1n) is 6.31. The van der Waals surface area contributed by atoms with Crippen molar-refractivity contribution in [3.8, 4) is 0 Å². The van der Waals surface area contributed by atoms with Gasteiger partial charge in [-0.15, -0.1) is 0 Å². The van der Waals surface area contributed by atoms with Crippen molar-refractivity contribution in [2.45, 2.75) is 0 Å². The summed E-state index contributed by atoms with van der Waals surface area (Å²) in [5, 5.41) is 18.0. The summed E-state index contributed by atoms with van der Waals surface area (Å²) >= 11 is 0. The molecule has 0 radical (unpaired) electrons. The van der Waals surface area contributed by atoms with Gasteiger partial charge in [0.15, 0.2) is 0 Å².